The van der Waals surface area contributed by atoms with Crippen LogP contribution in [0.1, 0.15) is 13.3 Å². The van der Waals surface area contributed by atoms with E-state index in [9.17, 15) is 4.79 Å². The zero-order valence-electron chi connectivity index (χ0n) is 4.02. The first-order valence-corrected chi connectivity index (χ1v) is 3.10. The zero-order valence-corrected chi connectivity index (χ0v) is 4.84. The fraction of sp³-hybridized carbons (Fsp3) is 0.750. The van der Waals surface area contributed by atoms with Gasteiger partial charge in [0.15, 0.2) is 5.12 Å². The summed E-state index contributed by atoms with van der Waals surface area (Å²) in [5.74, 6) is 0. The second-order valence-corrected chi connectivity index (χ2v) is 1.79. The molecule has 0 aliphatic rings. The van der Waals surface area contributed by atoms with Crippen molar-refractivity contribution in [3.05, 3.63) is 0 Å². The normalized spacial score (nSPS) is 8.33. The average molecular weight is 104 g/mol. The summed E-state index contributed by atoms with van der Waals surface area (Å²) < 4.78 is 0. The third-order valence-electron chi connectivity index (χ3n) is 0.516. The molecule has 0 heterocycles. The summed E-state index contributed by atoms with van der Waals surface area (Å²) in [4.78, 5) is 10.1. The molecule has 0 amide bonds. The van der Waals surface area contributed by atoms with Crippen LogP contribution in [0.2, 0.25) is 0 Å². The fourth-order valence-corrected chi connectivity index (χ4v) is 0.433. The first-order chi connectivity index (χ1) is 2.81. The Morgan fingerprint density at radius 2 is 2.33 bits per heavy atom. The lowest BCUT2D eigenvalue weighted by molar-refractivity contribution is -0.110. The summed E-state index contributed by atoms with van der Waals surface area (Å²) in [6.07, 6.45) is 2.45. The Hall–Kier alpha value is 0.0200. The molecule has 0 unspecified atom stereocenters. The van der Waals surface area contributed by atoms with E-state index in [1.807, 2.05) is 6.92 Å². The van der Waals surface area contributed by atoms with Crippen LogP contribution >= 0.6 is 11.8 Å². The molecule has 0 fully saturated rings. The van der Waals surface area contributed by atoms with Crippen molar-refractivity contribution in [1.82, 2.24) is 0 Å². The van der Waals surface area contributed by atoms with Gasteiger partial charge in [-0.05, 0) is 6.26 Å². The Balaban J connectivity index is 2.99. The molecule has 0 rings (SSSR count). The Kier molecular flexibility index (Phi) is 3.23. The highest BCUT2D eigenvalue weighted by Crippen LogP contribution is 1.95. The van der Waals surface area contributed by atoms with Crippen LogP contribution in [0.25, 0.3) is 0 Å². The van der Waals surface area contributed by atoms with Crippen LogP contribution in [0.4, 0.5) is 0 Å². The van der Waals surface area contributed by atoms with Crippen LogP contribution in [-0.2, 0) is 4.79 Å². The van der Waals surface area contributed by atoms with Crippen molar-refractivity contribution in [2.75, 3.05) is 6.26 Å². The second kappa shape index (κ2) is 3.22. The van der Waals surface area contributed by atoms with Crippen molar-refractivity contribution in [3.8, 4) is 0 Å². The third kappa shape index (κ3) is 2.27. The van der Waals surface area contributed by atoms with E-state index in [1.165, 1.54) is 11.8 Å². The summed E-state index contributed by atoms with van der Waals surface area (Å²) >= 11 is 1.29. The molecule has 1 nitrogen and oxygen atoms in total. The molecule has 0 aliphatic heterocycles. The molecule has 0 spiro atoms. The van der Waals surface area contributed by atoms with Crippen LogP contribution in [0.3, 0.4) is 0 Å². The second-order valence-electron chi connectivity index (χ2n) is 0.930. The number of hydrogen-bond donors (Lipinski definition) is 0. The van der Waals surface area contributed by atoms with E-state index < -0.39 is 0 Å². The van der Waals surface area contributed by atoms with Gasteiger partial charge in [-0.15, -0.1) is 0 Å². The van der Waals surface area contributed by atoms with E-state index in [-0.39, 0.29) is 5.12 Å². The maximum Gasteiger partial charge on any atom is 0.188 e. The molecule has 0 saturated carbocycles. The van der Waals surface area contributed by atoms with E-state index in [0.717, 1.165) is 0 Å². The highest BCUT2D eigenvalue weighted by molar-refractivity contribution is 8.13. The van der Waals surface area contributed by atoms with Crippen molar-refractivity contribution < 1.29 is 4.79 Å². The minimum absolute atomic E-state index is 0.259. The lowest BCUT2D eigenvalue weighted by Crippen LogP contribution is -1.81. The minimum atomic E-state index is 0.259. The van der Waals surface area contributed by atoms with Crippen molar-refractivity contribution >= 4 is 16.9 Å². The van der Waals surface area contributed by atoms with Crippen LogP contribution in [0.5, 0.6) is 0 Å². The SMILES string of the molecule is CCC(=O)SC. The Bertz CT molecular complexity index is 45.5. The topological polar surface area (TPSA) is 17.1 Å². The van der Waals surface area contributed by atoms with E-state index in [4.69, 9.17) is 0 Å². The predicted molar refractivity (Wildman–Crippen MR) is 28.8 cm³/mol. The molecule has 0 radical (unpaired) electrons. The first-order valence-electron chi connectivity index (χ1n) is 1.88. The molecule has 0 aliphatic carbocycles. The van der Waals surface area contributed by atoms with E-state index in [1.54, 1.807) is 6.26 Å². The summed E-state index contributed by atoms with van der Waals surface area (Å²) in [5, 5.41) is 0.259. The third-order valence-corrected chi connectivity index (χ3v) is 1.26. The predicted octanol–water partition coefficient (Wildman–Crippen LogP) is 1.29. The first kappa shape index (κ1) is 6.02. The lowest BCUT2D eigenvalue weighted by atomic mass is 10.6. The van der Waals surface area contributed by atoms with Gasteiger partial charge in [-0.2, -0.15) is 0 Å². The molecule has 36 valence electrons. The standard InChI is InChI=1S/C4H8OS/c1-3-4(5)6-2/h3H2,1-2H3. The molecule has 0 aromatic rings. The van der Waals surface area contributed by atoms with Crippen LogP contribution < -0.4 is 0 Å². The van der Waals surface area contributed by atoms with Crippen molar-refractivity contribution in [2.24, 2.45) is 0 Å². The van der Waals surface area contributed by atoms with Crippen LogP contribution in [0, 0.1) is 0 Å². The van der Waals surface area contributed by atoms with E-state index in [0.29, 0.717) is 6.42 Å². The van der Waals surface area contributed by atoms with Crippen LogP contribution in [-0.4, -0.2) is 11.4 Å². The summed E-state index contributed by atoms with van der Waals surface area (Å²) in [7, 11) is 0. The van der Waals surface area contributed by atoms with Crippen LogP contribution in [0.15, 0.2) is 0 Å². The highest BCUT2D eigenvalue weighted by atomic mass is 32.2. The van der Waals surface area contributed by atoms with Gasteiger partial charge in [-0.25, -0.2) is 0 Å². The van der Waals surface area contributed by atoms with Gasteiger partial charge in [0.05, 0.1) is 0 Å². The van der Waals surface area contributed by atoms with E-state index in [2.05, 4.69) is 0 Å². The summed E-state index contributed by atoms with van der Waals surface area (Å²) in [6.45, 7) is 1.86. The monoisotopic (exact) mass is 104 g/mol. The van der Waals surface area contributed by atoms with Crippen molar-refractivity contribution in [2.45, 2.75) is 13.3 Å². The number of thioether (sulfide) groups is 1. The fourth-order valence-electron chi connectivity index (χ4n) is 0.144. The molecule has 0 bridgehead atoms. The molecule has 0 N–H and O–H groups in total. The average Bonchev–Trinajstić information content (AvgIpc) is 1.65. The van der Waals surface area contributed by atoms with E-state index >= 15 is 0 Å². The number of carbonyl (C=O) groups excluding carboxylic acids is 1. The number of carbonyl (C=O) groups is 1. The molecule has 6 heavy (non-hydrogen) atoms. The quantitative estimate of drug-likeness (QED) is 0.498. The molecule has 0 atom stereocenters. The minimum Gasteiger partial charge on any atom is -0.287 e. The number of rotatable bonds is 1. The Morgan fingerprint density at radius 1 is 1.83 bits per heavy atom. The summed E-state index contributed by atoms with van der Waals surface area (Å²) in [5.41, 5.74) is 0. The van der Waals surface area contributed by atoms with Gasteiger partial charge < -0.3 is 0 Å². The van der Waals surface area contributed by atoms with Gasteiger partial charge in [0.1, 0.15) is 0 Å². The van der Waals surface area contributed by atoms with Crippen molar-refractivity contribution in [1.29, 1.82) is 0 Å². The Labute approximate surface area is 42.1 Å². The number of hydrogen-bond acceptors (Lipinski definition) is 2. The van der Waals surface area contributed by atoms with Gasteiger partial charge in [-0.3, -0.25) is 4.79 Å². The largest absolute Gasteiger partial charge is 0.287 e. The zero-order chi connectivity index (χ0) is 4.99. The smallest absolute Gasteiger partial charge is 0.188 e. The maximum atomic E-state index is 10.1. The molecule has 0 aromatic carbocycles. The van der Waals surface area contributed by atoms with Gasteiger partial charge >= 0.3 is 0 Å². The molecular weight excluding hydrogens is 96.1 g/mol. The van der Waals surface area contributed by atoms with Crippen molar-refractivity contribution in [3.63, 3.8) is 0 Å². The molecule has 2 heteroatoms. The molecule has 0 saturated heterocycles. The lowest BCUT2D eigenvalue weighted by Gasteiger charge is -1.81. The van der Waals surface area contributed by atoms with Gasteiger partial charge in [0, 0.05) is 6.42 Å². The Morgan fingerprint density at radius 3 is 2.33 bits per heavy atom. The van der Waals surface area contributed by atoms with Gasteiger partial charge in [0.2, 0.25) is 0 Å². The maximum absolute atomic E-state index is 10.1. The summed E-state index contributed by atoms with van der Waals surface area (Å²) in [6, 6.07) is 0. The molecular formula is C4H8OS. The molecule has 0 aromatic heterocycles. The van der Waals surface area contributed by atoms with Gasteiger partial charge in [0.25, 0.3) is 0 Å². The highest BCUT2D eigenvalue weighted by Gasteiger charge is 1.87. The van der Waals surface area contributed by atoms with Gasteiger partial charge in [-0.1, -0.05) is 18.7 Å².